The first-order valence-corrected chi connectivity index (χ1v) is 7.63. The highest BCUT2D eigenvalue weighted by Crippen LogP contribution is 2.38. The fourth-order valence-corrected chi connectivity index (χ4v) is 3.42. The summed E-state index contributed by atoms with van der Waals surface area (Å²) in [7, 11) is 0. The van der Waals surface area contributed by atoms with Crippen LogP contribution in [-0.4, -0.2) is 53.1 Å². The summed E-state index contributed by atoms with van der Waals surface area (Å²) in [5.74, 6) is -0.800. The van der Waals surface area contributed by atoms with E-state index >= 15 is 0 Å². The van der Waals surface area contributed by atoms with Gasteiger partial charge >= 0.3 is 12.0 Å². The smallest absolute Gasteiger partial charge is 0.320 e. The maximum atomic E-state index is 12.5. The highest BCUT2D eigenvalue weighted by Gasteiger charge is 2.45. The maximum absolute atomic E-state index is 12.5. The van der Waals surface area contributed by atoms with E-state index in [1.54, 1.807) is 11.8 Å². The van der Waals surface area contributed by atoms with Gasteiger partial charge in [0.2, 0.25) is 0 Å². The second kappa shape index (κ2) is 5.26. The molecule has 2 fully saturated rings. The van der Waals surface area contributed by atoms with E-state index < -0.39 is 11.4 Å². The van der Waals surface area contributed by atoms with Gasteiger partial charge in [-0.3, -0.25) is 4.79 Å². The largest absolute Gasteiger partial charge is 0.481 e. The summed E-state index contributed by atoms with van der Waals surface area (Å²) in [5, 5.41) is 9.25. The second-order valence-electron chi connectivity index (χ2n) is 6.70. The maximum Gasteiger partial charge on any atom is 0.320 e. The Hall–Kier alpha value is -1.26. The Morgan fingerprint density at radius 2 is 1.60 bits per heavy atom. The predicted molar refractivity (Wildman–Crippen MR) is 76.5 cm³/mol. The third kappa shape index (κ3) is 2.50. The summed E-state index contributed by atoms with van der Waals surface area (Å²) < 4.78 is 0. The number of carbonyl (C=O) groups excluding carboxylic acids is 1. The molecule has 0 aromatic carbocycles. The second-order valence-corrected chi connectivity index (χ2v) is 6.70. The molecular formula is C15H26N2O3. The van der Waals surface area contributed by atoms with E-state index in [9.17, 15) is 14.7 Å². The number of nitrogens with zero attached hydrogens (tertiary/aromatic N) is 2. The number of amides is 2. The SMILES string of the molecule is CCC1(CC)CCN(C(=O)N2CCC(C)(C(=O)O)C2)C1. The minimum absolute atomic E-state index is 0.0266. The average Bonchev–Trinajstić information content (AvgIpc) is 3.03. The molecule has 0 saturated carbocycles. The summed E-state index contributed by atoms with van der Waals surface area (Å²) in [6.07, 6.45) is 3.81. The minimum Gasteiger partial charge on any atom is -0.481 e. The molecule has 2 rings (SSSR count). The molecule has 1 N–H and O–H groups in total. The number of likely N-dealkylation sites (tertiary alicyclic amines) is 2. The summed E-state index contributed by atoms with van der Waals surface area (Å²) in [6.45, 7) is 8.63. The number of carboxylic acids is 1. The number of rotatable bonds is 3. The molecule has 1 unspecified atom stereocenters. The molecule has 0 spiro atoms. The molecule has 114 valence electrons. The van der Waals surface area contributed by atoms with Gasteiger partial charge in [0, 0.05) is 26.2 Å². The van der Waals surface area contributed by atoms with Gasteiger partial charge in [-0.25, -0.2) is 4.79 Å². The predicted octanol–water partition coefficient (Wildman–Crippen LogP) is 2.42. The van der Waals surface area contributed by atoms with Crippen LogP contribution in [0.4, 0.5) is 4.79 Å². The zero-order chi connectivity index (χ0) is 15.0. The van der Waals surface area contributed by atoms with Crippen molar-refractivity contribution in [3.63, 3.8) is 0 Å². The Morgan fingerprint density at radius 3 is 2.05 bits per heavy atom. The monoisotopic (exact) mass is 282 g/mol. The molecule has 0 aromatic heterocycles. The fraction of sp³-hybridized carbons (Fsp3) is 0.867. The zero-order valence-corrected chi connectivity index (χ0v) is 12.8. The first-order chi connectivity index (χ1) is 9.36. The Labute approximate surface area is 120 Å². The van der Waals surface area contributed by atoms with Gasteiger partial charge in [0.25, 0.3) is 0 Å². The van der Waals surface area contributed by atoms with E-state index in [1.165, 1.54) is 0 Å². The number of carboxylic acid groups (broad SMARTS) is 1. The van der Waals surface area contributed by atoms with E-state index in [0.717, 1.165) is 32.4 Å². The van der Waals surface area contributed by atoms with Crippen molar-refractivity contribution in [2.24, 2.45) is 10.8 Å². The first kappa shape index (κ1) is 15.1. The van der Waals surface area contributed by atoms with Crippen molar-refractivity contribution >= 4 is 12.0 Å². The molecule has 1 atom stereocenters. The number of hydrogen-bond acceptors (Lipinski definition) is 2. The molecule has 0 aromatic rings. The van der Waals surface area contributed by atoms with E-state index in [1.807, 2.05) is 4.90 Å². The number of carbonyl (C=O) groups is 2. The van der Waals surface area contributed by atoms with E-state index in [2.05, 4.69) is 13.8 Å². The number of urea groups is 1. The van der Waals surface area contributed by atoms with Gasteiger partial charge in [0.1, 0.15) is 0 Å². The topological polar surface area (TPSA) is 60.9 Å². The van der Waals surface area contributed by atoms with Crippen molar-refractivity contribution in [3.05, 3.63) is 0 Å². The highest BCUT2D eigenvalue weighted by atomic mass is 16.4. The summed E-state index contributed by atoms with van der Waals surface area (Å²) in [5.41, 5.74) is -0.506. The number of aliphatic carboxylic acids is 1. The van der Waals surface area contributed by atoms with Gasteiger partial charge in [0.15, 0.2) is 0 Å². The lowest BCUT2D eigenvalue weighted by Crippen LogP contribution is -2.43. The minimum atomic E-state index is -0.800. The van der Waals surface area contributed by atoms with Crippen LogP contribution >= 0.6 is 0 Å². The van der Waals surface area contributed by atoms with Crippen molar-refractivity contribution in [2.75, 3.05) is 26.2 Å². The fourth-order valence-electron chi connectivity index (χ4n) is 3.42. The molecule has 2 heterocycles. The van der Waals surface area contributed by atoms with Gasteiger partial charge < -0.3 is 14.9 Å². The Bertz CT molecular complexity index is 406. The average molecular weight is 282 g/mol. The summed E-state index contributed by atoms with van der Waals surface area (Å²) >= 11 is 0. The normalized spacial score (nSPS) is 28.9. The van der Waals surface area contributed by atoms with Crippen LogP contribution in [0, 0.1) is 10.8 Å². The van der Waals surface area contributed by atoms with Crippen LogP contribution in [0.25, 0.3) is 0 Å². The Balaban J connectivity index is 1.99. The third-order valence-corrected chi connectivity index (χ3v) is 5.47. The van der Waals surface area contributed by atoms with Gasteiger partial charge in [0.05, 0.1) is 5.41 Å². The quantitative estimate of drug-likeness (QED) is 0.864. The lowest BCUT2D eigenvalue weighted by molar-refractivity contribution is -0.147. The van der Waals surface area contributed by atoms with Crippen molar-refractivity contribution in [1.82, 2.24) is 9.80 Å². The molecule has 5 nitrogen and oxygen atoms in total. The lowest BCUT2D eigenvalue weighted by Gasteiger charge is -2.29. The third-order valence-electron chi connectivity index (χ3n) is 5.47. The standard InChI is InChI=1S/C15H26N2O3/c1-4-15(5-2)7-9-17(11-15)13(20)16-8-6-14(3,10-16)12(18)19/h4-11H2,1-3H3,(H,18,19). The Kier molecular flexibility index (Phi) is 3.98. The molecule has 2 amide bonds. The summed E-state index contributed by atoms with van der Waals surface area (Å²) in [4.78, 5) is 27.4. The van der Waals surface area contributed by atoms with Crippen LogP contribution in [-0.2, 0) is 4.79 Å². The van der Waals surface area contributed by atoms with Gasteiger partial charge in [-0.2, -0.15) is 0 Å². The van der Waals surface area contributed by atoms with Crippen molar-refractivity contribution in [1.29, 1.82) is 0 Å². The van der Waals surface area contributed by atoms with Gasteiger partial charge in [-0.1, -0.05) is 13.8 Å². The van der Waals surface area contributed by atoms with Gasteiger partial charge in [-0.15, -0.1) is 0 Å². The van der Waals surface area contributed by atoms with E-state index in [0.29, 0.717) is 19.5 Å². The number of hydrogen-bond donors (Lipinski definition) is 1. The highest BCUT2D eigenvalue weighted by molar-refractivity contribution is 5.79. The molecule has 20 heavy (non-hydrogen) atoms. The van der Waals surface area contributed by atoms with Crippen LogP contribution in [0.15, 0.2) is 0 Å². The zero-order valence-electron chi connectivity index (χ0n) is 12.8. The van der Waals surface area contributed by atoms with Crippen LogP contribution in [0.2, 0.25) is 0 Å². The van der Waals surface area contributed by atoms with Crippen LogP contribution in [0.1, 0.15) is 46.5 Å². The van der Waals surface area contributed by atoms with Crippen LogP contribution < -0.4 is 0 Å². The Morgan fingerprint density at radius 1 is 1.05 bits per heavy atom. The molecular weight excluding hydrogens is 256 g/mol. The molecule has 0 radical (unpaired) electrons. The lowest BCUT2D eigenvalue weighted by atomic mass is 9.82. The van der Waals surface area contributed by atoms with Crippen LogP contribution in [0.3, 0.4) is 0 Å². The molecule has 2 aliphatic rings. The van der Waals surface area contributed by atoms with Crippen LogP contribution in [0.5, 0.6) is 0 Å². The molecule has 5 heteroatoms. The molecule has 0 bridgehead atoms. The van der Waals surface area contributed by atoms with Gasteiger partial charge in [-0.05, 0) is 38.0 Å². The first-order valence-electron chi connectivity index (χ1n) is 7.63. The molecule has 2 aliphatic heterocycles. The van der Waals surface area contributed by atoms with Crippen molar-refractivity contribution in [3.8, 4) is 0 Å². The summed E-state index contributed by atoms with van der Waals surface area (Å²) in [6, 6.07) is 0.0266. The molecule has 0 aliphatic carbocycles. The molecule has 2 saturated heterocycles. The van der Waals surface area contributed by atoms with E-state index in [4.69, 9.17) is 0 Å². The van der Waals surface area contributed by atoms with Crippen molar-refractivity contribution in [2.45, 2.75) is 46.5 Å². The van der Waals surface area contributed by atoms with E-state index in [-0.39, 0.29) is 11.4 Å². The van der Waals surface area contributed by atoms with Crippen molar-refractivity contribution < 1.29 is 14.7 Å².